The van der Waals surface area contributed by atoms with Crippen molar-refractivity contribution in [1.29, 1.82) is 0 Å². The van der Waals surface area contributed by atoms with E-state index in [1.165, 1.54) is 0 Å². The lowest BCUT2D eigenvalue weighted by atomic mass is 9.98. The lowest BCUT2D eigenvalue weighted by Gasteiger charge is -2.30. The molecule has 1 aliphatic heterocycles. The maximum atomic E-state index is 13.1. The maximum Gasteiger partial charge on any atom is 0.257 e. The van der Waals surface area contributed by atoms with Gasteiger partial charge in [0.1, 0.15) is 4.90 Å². The first-order valence-electron chi connectivity index (χ1n) is 9.07. The van der Waals surface area contributed by atoms with Crippen LogP contribution in [0.5, 0.6) is 0 Å². The Balaban J connectivity index is 2.48. The number of hydrogen-bond acceptors (Lipinski definition) is 3. The highest BCUT2D eigenvalue weighted by Crippen LogP contribution is 2.29. The van der Waals surface area contributed by atoms with Gasteiger partial charge in [-0.2, -0.15) is 0 Å². The van der Waals surface area contributed by atoms with Crippen molar-refractivity contribution in [2.75, 3.05) is 13.1 Å². The summed E-state index contributed by atoms with van der Waals surface area (Å²) >= 11 is 0. The minimum atomic E-state index is -3.75. The van der Waals surface area contributed by atoms with Crippen LogP contribution in [0.1, 0.15) is 61.8 Å². The summed E-state index contributed by atoms with van der Waals surface area (Å²) in [6.07, 6.45) is 2.62. The first-order valence-corrected chi connectivity index (χ1v) is 10.6. The minimum absolute atomic E-state index is 0.136. The van der Waals surface area contributed by atoms with Gasteiger partial charge in [0.05, 0.1) is 5.56 Å². The van der Waals surface area contributed by atoms with Crippen molar-refractivity contribution < 1.29 is 13.2 Å². The lowest BCUT2D eigenvalue weighted by molar-refractivity contribution is 0.0692. The SMILES string of the molecule is CC[C@H](C)NS(=O)(=O)c1c(C(=O)N2CCC(C)CC2)c(C)n(C)c1C. The third-order valence-corrected chi connectivity index (χ3v) is 7.20. The summed E-state index contributed by atoms with van der Waals surface area (Å²) in [5.74, 6) is 0.440. The van der Waals surface area contributed by atoms with E-state index < -0.39 is 10.0 Å². The molecule has 25 heavy (non-hydrogen) atoms. The molecule has 1 aliphatic rings. The highest BCUT2D eigenvalue weighted by atomic mass is 32.2. The van der Waals surface area contributed by atoms with E-state index in [-0.39, 0.29) is 16.8 Å². The Morgan fingerprint density at radius 3 is 2.32 bits per heavy atom. The van der Waals surface area contributed by atoms with Crippen LogP contribution in [0.15, 0.2) is 4.90 Å². The number of amides is 1. The zero-order valence-corrected chi connectivity index (χ0v) is 17.0. The molecule has 1 aromatic heterocycles. The van der Waals surface area contributed by atoms with Gasteiger partial charge in [0.2, 0.25) is 10.0 Å². The van der Waals surface area contributed by atoms with Gasteiger partial charge in [-0.3, -0.25) is 4.79 Å². The van der Waals surface area contributed by atoms with Gasteiger partial charge in [0.15, 0.2) is 0 Å². The topological polar surface area (TPSA) is 71.4 Å². The Labute approximate surface area is 151 Å². The number of carbonyl (C=O) groups excluding carboxylic acids is 1. The normalized spacial score (nSPS) is 17.8. The number of nitrogens with one attached hydrogen (secondary N) is 1. The Morgan fingerprint density at radius 2 is 1.80 bits per heavy atom. The number of hydrogen-bond donors (Lipinski definition) is 1. The Bertz CT molecular complexity index is 744. The van der Waals surface area contributed by atoms with Gasteiger partial charge in [-0.1, -0.05) is 13.8 Å². The summed E-state index contributed by atoms with van der Waals surface area (Å²) in [5.41, 5.74) is 1.62. The van der Waals surface area contributed by atoms with Crippen LogP contribution in [0.4, 0.5) is 0 Å². The molecular weight excluding hydrogens is 338 g/mol. The van der Waals surface area contributed by atoms with Crippen molar-refractivity contribution in [3.63, 3.8) is 0 Å². The number of carbonyl (C=O) groups is 1. The third-order valence-electron chi connectivity index (χ3n) is 5.45. The Morgan fingerprint density at radius 1 is 1.24 bits per heavy atom. The lowest BCUT2D eigenvalue weighted by Crippen LogP contribution is -2.39. The highest BCUT2D eigenvalue weighted by Gasteiger charge is 2.34. The minimum Gasteiger partial charge on any atom is -0.350 e. The number of piperidine rings is 1. The molecule has 0 saturated carbocycles. The average Bonchev–Trinajstić information content (AvgIpc) is 2.79. The molecule has 0 aromatic carbocycles. The third kappa shape index (κ3) is 3.92. The average molecular weight is 370 g/mol. The molecular formula is C18H31N3O3S. The van der Waals surface area contributed by atoms with E-state index in [1.54, 1.807) is 16.4 Å². The molecule has 1 saturated heterocycles. The summed E-state index contributed by atoms with van der Waals surface area (Å²) in [7, 11) is -1.94. The maximum absolute atomic E-state index is 13.1. The van der Waals surface area contributed by atoms with E-state index in [0.717, 1.165) is 12.8 Å². The van der Waals surface area contributed by atoms with Crippen LogP contribution in [0.25, 0.3) is 0 Å². The van der Waals surface area contributed by atoms with E-state index >= 15 is 0 Å². The van der Waals surface area contributed by atoms with Gasteiger partial charge in [0, 0.05) is 37.6 Å². The van der Waals surface area contributed by atoms with Crippen LogP contribution in [-0.4, -0.2) is 42.9 Å². The first kappa shape index (κ1) is 20.0. The molecule has 0 radical (unpaired) electrons. The summed E-state index contributed by atoms with van der Waals surface area (Å²) < 4.78 is 30.4. The molecule has 1 aromatic rings. The molecule has 0 aliphatic carbocycles. The number of rotatable bonds is 5. The van der Waals surface area contributed by atoms with Crippen molar-refractivity contribution in [1.82, 2.24) is 14.2 Å². The standard InChI is InChI=1S/C18H31N3O3S/c1-7-13(3)19-25(23,24)17-15(5)20(6)14(4)16(17)18(22)21-10-8-12(2)9-11-21/h12-13,19H,7-11H2,1-6H3/t13-/m0/s1. The second-order valence-electron chi connectivity index (χ2n) is 7.34. The van der Waals surface area contributed by atoms with Gasteiger partial charge in [-0.25, -0.2) is 13.1 Å². The largest absolute Gasteiger partial charge is 0.350 e. The second kappa shape index (κ2) is 7.50. The van der Waals surface area contributed by atoms with Gasteiger partial charge in [-0.15, -0.1) is 0 Å². The van der Waals surface area contributed by atoms with Crippen LogP contribution in [-0.2, 0) is 17.1 Å². The molecule has 0 bridgehead atoms. The Hall–Kier alpha value is -1.34. The number of aromatic nitrogens is 1. The number of nitrogens with zero attached hydrogens (tertiary/aromatic N) is 2. The van der Waals surface area contributed by atoms with Crippen LogP contribution in [0.3, 0.4) is 0 Å². The van der Waals surface area contributed by atoms with E-state index in [9.17, 15) is 13.2 Å². The fraction of sp³-hybridized carbons (Fsp3) is 0.722. The summed E-state index contributed by atoms with van der Waals surface area (Å²) in [5, 5.41) is 0. The fourth-order valence-electron chi connectivity index (χ4n) is 3.27. The summed E-state index contributed by atoms with van der Waals surface area (Å²) in [6.45, 7) is 10.9. The monoisotopic (exact) mass is 369 g/mol. The molecule has 1 amide bonds. The quantitative estimate of drug-likeness (QED) is 0.867. The van der Waals surface area contributed by atoms with Crippen molar-refractivity contribution in [3.05, 3.63) is 17.0 Å². The van der Waals surface area contributed by atoms with Crippen molar-refractivity contribution in [2.24, 2.45) is 13.0 Å². The molecule has 1 N–H and O–H groups in total. The van der Waals surface area contributed by atoms with E-state index in [2.05, 4.69) is 11.6 Å². The van der Waals surface area contributed by atoms with E-state index in [4.69, 9.17) is 0 Å². The van der Waals surface area contributed by atoms with Crippen molar-refractivity contribution in [3.8, 4) is 0 Å². The smallest absolute Gasteiger partial charge is 0.257 e. The van der Waals surface area contributed by atoms with Crippen LogP contribution in [0.2, 0.25) is 0 Å². The van der Waals surface area contributed by atoms with E-state index in [0.29, 0.717) is 42.4 Å². The van der Waals surface area contributed by atoms with Gasteiger partial charge < -0.3 is 9.47 Å². The predicted octanol–water partition coefficient (Wildman–Crippen LogP) is 2.59. The molecule has 1 atom stereocenters. The van der Waals surface area contributed by atoms with Crippen molar-refractivity contribution >= 4 is 15.9 Å². The zero-order valence-electron chi connectivity index (χ0n) is 16.2. The number of likely N-dealkylation sites (tertiary alicyclic amines) is 1. The Kier molecular flexibility index (Phi) is 5.99. The number of sulfonamides is 1. The molecule has 2 heterocycles. The van der Waals surface area contributed by atoms with Gasteiger partial charge in [0.25, 0.3) is 5.91 Å². The molecule has 1 fully saturated rings. The van der Waals surface area contributed by atoms with Gasteiger partial charge >= 0.3 is 0 Å². The fourth-order valence-corrected chi connectivity index (χ4v) is 5.12. The zero-order chi connectivity index (χ0) is 18.9. The predicted molar refractivity (Wildman–Crippen MR) is 99.3 cm³/mol. The van der Waals surface area contributed by atoms with Crippen LogP contribution < -0.4 is 4.72 Å². The molecule has 2 rings (SSSR count). The van der Waals surface area contributed by atoms with E-state index in [1.807, 2.05) is 27.8 Å². The molecule has 6 nitrogen and oxygen atoms in total. The first-order chi connectivity index (χ1) is 11.6. The van der Waals surface area contributed by atoms with Crippen LogP contribution >= 0.6 is 0 Å². The molecule has 7 heteroatoms. The molecule has 0 spiro atoms. The van der Waals surface area contributed by atoms with Gasteiger partial charge in [-0.05, 0) is 46.0 Å². The van der Waals surface area contributed by atoms with Crippen molar-refractivity contribution in [2.45, 2.75) is 64.8 Å². The molecule has 0 unspecified atom stereocenters. The van der Waals surface area contributed by atoms with Crippen LogP contribution in [0, 0.1) is 19.8 Å². The molecule has 142 valence electrons. The summed E-state index contributed by atoms with van der Waals surface area (Å²) in [6, 6.07) is -0.177. The second-order valence-corrected chi connectivity index (χ2v) is 8.99. The highest BCUT2D eigenvalue weighted by molar-refractivity contribution is 7.89. The summed E-state index contributed by atoms with van der Waals surface area (Å²) in [4.78, 5) is 15.1.